The molecular weight excluding hydrogens is 209 g/mol. The lowest BCUT2D eigenvalue weighted by atomic mass is 9.80. The first-order valence-corrected chi connectivity index (χ1v) is 3.94. The fourth-order valence-electron chi connectivity index (χ4n) is 1.01. The summed E-state index contributed by atoms with van der Waals surface area (Å²) in [7, 11) is -1.80. The van der Waals surface area contributed by atoms with Gasteiger partial charge >= 0.3 is 13.7 Å². The fourth-order valence-corrected chi connectivity index (χ4v) is 1.01. The third kappa shape index (κ3) is 3.00. The maximum Gasteiger partial charge on any atom is 0.488 e. The van der Waals surface area contributed by atoms with Crippen LogP contribution in [0.1, 0.15) is 10.4 Å². The number of benzene rings is 1. The van der Waals surface area contributed by atoms with E-state index in [1.807, 2.05) is 0 Å². The Bertz CT molecular complexity index is 356. The monoisotopic (exact) mass is 216 g/mol. The van der Waals surface area contributed by atoms with Crippen LogP contribution < -0.4 is 10.2 Å². The summed E-state index contributed by atoms with van der Waals surface area (Å²) in [4.78, 5) is 10.4. The van der Waals surface area contributed by atoms with Crippen LogP contribution in [0.5, 0.6) is 5.75 Å². The van der Waals surface area contributed by atoms with E-state index in [1.165, 1.54) is 12.1 Å². The molecule has 2 N–H and O–H groups in total. The Morgan fingerprint density at radius 3 is 2.53 bits per heavy atom. The summed E-state index contributed by atoms with van der Waals surface area (Å²) in [5.41, 5.74) is -0.115. The van der Waals surface area contributed by atoms with Crippen LogP contribution in [0, 0.1) is 0 Å². The van der Waals surface area contributed by atoms with E-state index in [0.29, 0.717) is 6.29 Å². The molecule has 7 heteroatoms. The van der Waals surface area contributed by atoms with Crippen LogP contribution in [0.2, 0.25) is 0 Å². The molecule has 0 amide bonds. The molecule has 0 radical (unpaired) electrons. The molecule has 4 nitrogen and oxygen atoms in total. The summed E-state index contributed by atoms with van der Waals surface area (Å²) in [6.07, 6.45) is 0.339. The van der Waals surface area contributed by atoms with Crippen molar-refractivity contribution < 1.29 is 28.4 Å². The van der Waals surface area contributed by atoms with E-state index in [1.54, 1.807) is 0 Å². The first-order valence-electron chi connectivity index (χ1n) is 3.94. The van der Waals surface area contributed by atoms with Crippen molar-refractivity contribution in [2.24, 2.45) is 0 Å². The van der Waals surface area contributed by atoms with Crippen molar-refractivity contribution >= 4 is 18.9 Å². The lowest BCUT2D eigenvalue weighted by Crippen LogP contribution is -2.30. The predicted octanol–water partition coefficient (Wildman–Crippen LogP) is -0.220. The van der Waals surface area contributed by atoms with Gasteiger partial charge in [-0.1, -0.05) is 6.07 Å². The lowest BCUT2D eigenvalue weighted by molar-refractivity contribution is -0.0500. The number of rotatable bonds is 4. The van der Waals surface area contributed by atoms with E-state index in [0.717, 1.165) is 6.07 Å². The first kappa shape index (κ1) is 11.6. The lowest BCUT2D eigenvalue weighted by Gasteiger charge is -2.08. The minimum absolute atomic E-state index is 0.0312. The zero-order valence-corrected chi connectivity index (χ0v) is 7.43. The quantitative estimate of drug-likeness (QED) is 0.539. The summed E-state index contributed by atoms with van der Waals surface area (Å²) in [6.45, 7) is -3.07. The van der Waals surface area contributed by atoms with Crippen LogP contribution in [0.15, 0.2) is 18.2 Å². The number of ether oxygens (including phenoxy) is 1. The van der Waals surface area contributed by atoms with Gasteiger partial charge in [-0.15, -0.1) is 0 Å². The molecule has 0 bridgehead atoms. The second kappa shape index (κ2) is 4.85. The highest BCUT2D eigenvalue weighted by Crippen LogP contribution is 2.17. The maximum absolute atomic E-state index is 11.9. The molecule has 80 valence electrons. The molecule has 15 heavy (non-hydrogen) atoms. The highest BCUT2D eigenvalue weighted by Gasteiger charge is 2.16. The van der Waals surface area contributed by atoms with Crippen LogP contribution in [0.3, 0.4) is 0 Å². The van der Waals surface area contributed by atoms with Gasteiger partial charge in [0.05, 0.1) is 5.56 Å². The molecule has 1 aromatic rings. The number of carbonyl (C=O) groups is 1. The molecule has 0 aliphatic heterocycles. The highest BCUT2D eigenvalue weighted by atomic mass is 19.3. The van der Waals surface area contributed by atoms with Crippen LogP contribution in [-0.4, -0.2) is 30.1 Å². The molecule has 1 aromatic carbocycles. The van der Waals surface area contributed by atoms with Gasteiger partial charge < -0.3 is 14.8 Å². The second-order valence-corrected chi connectivity index (χ2v) is 2.67. The van der Waals surface area contributed by atoms with E-state index >= 15 is 0 Å². The number of aldehydes is 1. The molecule has 0 atom stereocenters. The molecule has 0 unspecified atom stereocenters. The van der Waals surface area contributed by atoms with Gasteiger partial charge in [-0.2, -0.15) is 8.78 Å². The van der Waals surface area contributed by atoms with Crippen molar-refractivity contribution in [3.05, 3.63) is 23.8 Å². The standard InChI is InChI=1S/C8H7BF2O4/c10-8(11)15-7-3-6(9(13)14)2-1-5(7)4-12/h1-4,8,13-14H. The number of carbonyl (C=O) groups excluding carboxylic acids is 1. The van der Waals surface area contributed by atoms with Gasteiger partial charge in [0, 0.05) is 0 Å². The fraction of sp³-hybridized carbons (Fsp3) is 0.125. The first-order chi connectivity index (χ1) is 7.04. The third-order valence-electron chi connectivity index (χ3n) is 1.68. The van der Waals surface area contributed by atoms with Gasteiger partial charge in [-0.05, 0) is 17.6 Å². The van der Waals surface area contributed by atoms with E-state index in [-0.39, 0.29) is 16.8 Å². The van der Waals surface area contributed by atoms with E-state index in [9.17, 15) is 13.6 Å². The Hall–Kier alpha value is -1.47. The molecule has 0 aliphatic rings. The average molecular weight is 216 g/mol. The van der Waals surface area contributed by atoms with Gasteiger partial charge in [0.25, 0.3) is 0 Å². The van der Waals surface area contributed by atoms with Crippen LogP contribution in [-0.2, 0) is 0 Å². The smallest absolute Gasteiger partial charge is 0.434 e. The molecule has 0 fully saturated rings. The van der Waals surface area contributed by atoms with Crippen LogP contribution in [0.4, 0.5) is 8.78 Å². The van der Waals surface area contributed by atoms with Gasteiger partial charge in [0.15, 0.2) is 6.29 Å². The number of hydrogen-bond acceptors (Lipinski definition) is 4. The third-order valence-corrected chi connectivity index (χ3v) is 1.68. The van der Waals surface area contributed by atoms with Crippen LogP contribution in [0.25, 0.3) is 0 Å². The largest absolute Gasteiger partial charge is 0.488 e. The van der Waals surface area contributed by atoms with E-state index < -0.39 is 13.7 Å². The molecule has 1 rings (SSSR count). The summed E-state index contributed by atoms with van der Waals surface area (Å²) >= 11 is 0. The topological polar surface area (TPSA) is 66.8 Å². The minimum atomic E-state index is -3.07. The SMILES string of the molecule is O=Cc1ccc(B(O)O)cc1OC(F)F. The number of alkyl halides is 2. The molecule has 0 spiro atoms. The minimum Gasteiger partial charge on any atom is -0.434 e. The number of hydrogen-bond donors (Lipinski definition) is 2. The maximum atomic E-state index is 11.9. The average Bonchev–Trinajstić information content (AvgIpc) is 2.16. The van der Waals surface area contributed by atoms with Crippen molar-refractivity contribution in [1.82, 2.24) is 0 Å². The Kier molecular flexibility index (Phi) is 3.76. The zero-order valence-electron chi connectivity index (χ0n) is 7.43. The van der Waals surface area contributed by atoms with Gasteiger partial charge in [0.2, 0.25) is 0 Å². The normalized spacial score (nSPS) is 10.2. The molecule has 0 saturated heterocycles. The highest BCUT2D eigenvalue weighted by molar-refractivity contribution is 6.58. The van der Waals surface area contributed by atoms with E-state index in [2.05, 4.69) is 4.74 Å². The number of halogens is 2. The summed E-state index contributed by atoms with van der Waals surface area (Å²) in [6, 6.07) is 3.37. The summed E-state index contributed by atoms with van der Waals surface area (Å²) in [5, 5.41) is 17.5. The summed E-state index contributed by atoms with van der Waals surface area (Å²) in [5.74, 6) is -0.384. The van der Waals surface area contributed by atoms with Gasteiger partial charge in [-0.3, -0.25) is 4.79 Å². The van der Waals surface area contributed by atoms with Crippen molar-refractivity contribution in [3.63, 3.8) is 0 Å². The summed E-state index contributed by atoms with van der Waals surface area (Å²) < 4.78 is 27.9. The molecule has 0 saturated carbocycles. The molecule has 0 heterocycles. The Morgan fingerprint density at radius 2 is 2.07 bits per heavy atom. The van der Waals surface area contributed by atoms with Crippen molar-refractivity contribution in [1.29, 1.82) is 0 Å². The van der Waals surface area contributed by atoms with E-state index in [4.69, 9.17) is 10.0 Å². The van der Waals surface area contributed by atoms with Gasteiger partial charge in [0.1, 0.15) is 5.75 Å². The zero-order chi connectivity index (χ0) is 11.4. The molecule has 0 aromatic heterocycles. The van der Waals surface area contributed by atoms with Crippen molar-refractivity contribution in [2.75, 3.05) is 0 Å². The Balaban J connectivity index is 3.07. The van der Waals surface area contributed by atoms with Crippen molar-refractivity contribution in [3.8, 4) is 5.75 Å². The Morgan fingerprint density at radius 1 is 1.40 bits per heavy atom. The van der Waals surface area contributed by atoms with Gasteiger partial charge in [-0.25, -0.2) is 0 Å². The second-order valence-electron chi connectivity index (χ2n) is 2.67. The molecular formula is C8H7BF2O4. The van der Waals surface area contributed by atoms with Crippen molar-refractivity contribution in [2.45, 2.75) is 6.61 Å². The Labute approximate surface area is 84.2 Å². The molecule has 0 aliphatic carbocycles. The predicted molar refractivity (Wildman–Crippen MR) is 48.3 cm³/mol. The van der Waals surface area contributed by atoms with Crippen LogP contribution >= 0.6 is 0 Å².